The summed E-state index contributed by atoms with van der Waals surface area (Å²) in [4.78, 5) is 14.6. The molecule has 1 aliphatic heterocycles. The predicted molar refractivity (Wildman–Crippen MR) is 121 cm³/mol. The summed E-state index contributed by atoms with van der Waals surface area (Å²) in [6.07, 6.45) is 0.758. The van der Waals surface area contributed by atoms with E-state index in [9.17, 15) is 4.79 Å². The quantitative estimate of drug-likeness (QED) is 0.545. The van der Waals surface area contributed by atoms with Crippen LogP contribution in [0.5, 0.6) is 17.2 Å². The van der Waals surface area contributed by atoms with Crippen LogP contribution in [0.1, 0.15) is 11.1 Å². The summed E-state index contributed by atoms with van der Waals surface area (Å²) in [6.45, 7) is 1.08. The number of fused-ring (bicyclic) bond motifs is 1. The number of benzene rings is 3. The molecule has 3 aromatic rings. The van der Waals surface area contributed by atoms with Crippen molar-refractivity contribution in [1.29, 1.82) is 0 Å². The molecule has 0 saturated heterocycles. The number of methoxy groups -OCH3 is 2. The van der Waals surface area contributed by atoms with Crippen LogP contribution in [0.2, 0.25) is 5.02 Å². The molecule has 0 fully saturated rings. The molecule has 0 saturated carbocycles. The second kappa shape index (κ2) is 9.31. The van der Waals surface area contributed by atoms with Crippen LogP contribution < -0.4 is 14.2 Å². The molecule has 1 heterocycles. The molecule has 0 aromatic heterocycles. The lowest BCUT2D eigenvalue weighted by Gasteiger charge is -2.29. The van der Waals surface area contributed by atoms with Crippen LogP contribution >= 0.6 is 11.6 Å². The van der Waals surface area contributed by atoms with Crippen molar-refractivity contribution in [3.63, 3.8) is 0 Å². The van der Waals surface area contributed by atoms with Crippen LogP contribution in [0.4, 0.5) is 0 Å². The molecule has 0 N–H and O–H groups in total. The van der Waals surface area contributed by atoms with Crippen molar-refractivity contribution in [3.8, 4) is 28.4 Å². The standard InChI is InChI=1S/C25H24ClNO4/c1-29-23-13-19-10-11-27(15-20(19)14-24(23)30-2)25(28)16-31-22-9-8-18(12-21(22)26)17-6-4-3-5-7-17/h3-9,12-14H,10-11,15-16H2,1-2H3. The van der Waals surface area contributed by atoms with E-state index in [0.29, 0.717) is 35.4 Å². The second-order valence-corrected chi connectivity index (χ2v) is 7.75. The van der Waals surface area contributed by atoms with Gasteiger partial charge >= 0.3 is 0 Å². The van der Waals surface area contributed by atoms with Crippen LogP contribution in [0.25, 0.3) is 11.1 Å². The zero-order valence-corrected chi connectivity index (χ0v) is 18.3. The third kappa shape index (κ3) is 4.62. The topological polar surface area (TPSA) is 48.0 Å². The maximum Gasteiger partial charge on any atom is 0.260 e. The molecule has 31 heavy (non-hydrogen) atoms. The fraction of sp³-hybridized carbons (Fsp3) is 0.240. The Kier molecular flexibility index (Phi) is 6.33. The first kappa shape index (κ1) is 21.1. The number of amides is 1. The molecule has 160 valence electrons. The van der Waals surface area contributed by atoms with E-state index < -0.39 is 0 Å². The number of nitrogens with zero attached hydrogens (tertiary/aromatic N) is 1. The molecule has 0 unspecified atom stereocenters. The second-order valence-electron chi connectivity index (χ2n) is 7.34. The number of carbonyl (C=O) groups excluding carboxylic acids is 1. The Morgan fingerprint density at radius 2 is 1.61 bits per heavy atom. The van der Waals surface area contributed by atoms with Gasteiger partial charge in [0.05, 0.1) is 19.2 Å². The first-order chi connectivity index (χ1) is 15.1. The van der Waals surface area contributed by atoms with Crippen LogP contribution in [-0.4, -0.2) is 38.2 Å². The Morgan fingerprint density at radius 3 is 2.29 bits per heavy atom. The van der Waals surface area contributed by atoms with Gasteiger partial charge in [-0.3, -0.25) is 4.79 Å². The van der Waals surface area contributed by atoms with Crippen LogP contribution in [0.3, 0.4) is 0 Å². The molecule has 1 amide bonds. The van der Waals surface area contributed by atoms with Gasteiger partial charge < -0.3 is 19.1 Å². The Balaban J connectivity index is 1.41. The molecule has 6 heteroatoms. The normalized spacial score (nSPS) is 12.8. The van der Waals surface area contributed by atoms with E-state index in [1.165, 1.54) is 5.56 Å². The monoisotopic (exact) mass is 437 g/mol. The van der Waals surface area contributed by atoms with Crippen LogP contribution in [-0.2, 0) is 17.8 Å². The molecular weight excluding hydrogens is 414 g/mol. The average molecular weight is 438 g/mol. The van der Waals surface area contributed by atoms with E-state index in [1.807, 2.05) is 54.6 Å². The van der Waals surface area contributed by atoms with Crippen LogP contribution in [0.15, 0.2) is 60.7 Å². The predicted octanol–water partition coefficient (Wildman–Crippen LogP) is 4.99. The van der Waals surface area contributed by atoms with E-state index >= 15 is 0 Å². The zero-order chi connectivity index (χ0) is 21.8. The van der Waals surface area contributed by atoms with Crippen molar-refractivity contribution in [2.24, 2.45) is 0 Å². The summed E-state index contributed by atoms with van der Waals surface area (Å²) in [5.41, 5.74) is 4.30. The lowest BCUT2D eigenvalue weighted by atomic mass is 9.99. The highest BCUT2D eigenvalue weighted by Crippen LogP contribution is 2.34. The minimum absolute atomic E-state index is 0.0625. The molecule has 4 rings (SSSR count). The van der Waals surface area contributed by atoms with Crippen molar-refractivity contribution in [2.75, 3.05) is 27.4 Å². The van der Waals surface area contributed by atoms with Gasteiger partial charge in [-0.05, 0) is 52.9 Å². The first-order valence-corrected chi connectivity index (χ1v) is 10.5. The van der Waals surface area contributed by atoms with Gasteiger partial charge in [0.1, 0.15) is 5.75 Å². The molecule has 0 radical (unpaired) electrons. The van der Waals surface area contributed by atoms with Gasteiger partial charge in [0, 0.05) is 13.1 Å². The highest BCUT2D eigenvalue weighted by Gasteiger charge is 2.23. The Morgan fingerprint density at radius 1 is 0.903 bits per heavy atom. The third-order valence-corrected chi connectivity index (χ3v) is 5.76. The molecule has 5 nitrogen and oxygen atoms in total. The lowest BCUT2D eigenvalue weighted by Crippen LogP contribution is -2.38. The lowest BCUT2D eigenvalue weighted by molar-refractivity contribution is -0.134. The molecule has 0 aliphatic carbocycles. The summed E-state index contributed by atoms with van der Waals surface area (Å²) in [5, 5.41) is 0.481. The Labute approximate surface area is 187 Å². The fourth-order valence-corrected chi connectivity index (χ4v) is 3.99. The summed E-state index contributed by atoms with van der Waals surface area (Å²) in [6, 6.07) is 19.5. The maximum atomic E-state index is 12.8. The number of hydrogen-bond donors (Lipinski definition) is 0. The first-order valence-electron chi connectivity index (χ1n) is 10.1. The minimum atomic E-state index is -0.0800. The Bertz CT molecular complexity index is 1080. The van der Waals surface area contributed by atoms with Gasteiger partial charge in [-0.25, -0.2) is 0 Å². The van der Waals surface area contributed by atoms with Crippen LogP contribution in [0, 0.1) is 0 Å². The Hall–Kier alpha value is -3.18. The molecule has 1 aliphatic rings. The number of rotatable bonds is 6. The average Bonchev–Trinajstić information content (AvgIpc) is 2.82. The largest absolute Gasteiger partial charge is 0.493 e. The third-order valence-electron chi connectivity index (χ3n) is 5.46. The van der Waals surface area contributed by atoms with E-state index in [0.717, 1.165) is 23.1 Å². The molecule has 3 aromatic carbocycles. The van der Waals surface area contributed by atoms with Gasteiger partial charge in [0.15, 0.2) is 18.1 Å². The van der Waals surface area contributed by atoms with Gasteiger partial charge in [0.25, 0.3) is 5.91 Å². The van der Waals surface area contributed by atoms with Gasteiger partial charge in [-0.1, -0.05) is 48.0 Å². The van der Waals surface area contributed by atoms with Crippen molar-refractivity contribution >= 4 is 17.5 Å². The van der Waals surface area contributed by atoms with Gasteiger partial charge in [-0.2, -0.15) is 0 Å². The maximum absolute atomic E-state index is 12.8. The highest BCUT2D eigenvalue weighted by molar-refractivity contribution is 6.32. The smallest absolute Gasteiger partial charge is 0.260 e. The molecule has 0 bridgehead atoms. The van der Waals surface area contributed by atoms with Crippen molar-refractivity contribution in [3.05, 3.63) is 76.8 Å². The summed E-state index contributed by atoms with van der Waals surface area (Å²) >= 11 is 6.40. The van der Waals surface area contributed by atoms with E-state index in [2.05, 4.69) is 0 Å². The highest BCUT2D eigenvalue weighted by atomic mass is 35.5. The van der Waals surface area contributed by atoms with Crippen molar-refractivity contribution < 1.29 is 19.0 Å². The number of halogens is 1. The van der Waals surface area contributed by atoms with E-state index in [-0.39, 0.29) is 12.5 Å². The summed E-state index contributed by atoms with van der Waals surface area (Å²) < 4.78 is 16.5. The van der Waals surface area contributed by atoms with Gasteiger partial charge in [0.2, 0.25) is 0 Å². The molecular formula is C25H24ClNO4. The van der Waals surface area contributed by atoms with Crippen molar-refractivity contribution in [2.45, 2.75) is 13.0 Å². The zero-order valence-electron chi connectivity index (χ0n) is 17.6. The SMILES string of the molecule is COc1cc2c(cc1OC)CN(C(=O)COc1ccc(-c3ccccc3)cc1Cl)CC2. The number of ether oxygens (including phenoxy) is 3. The summed E-state index contributed by atoms with van der Waals surface area (Å²) in [7, 11) is 3.23. The fourth-order valence-electron chi connectivity index (χ4n) is 3.75. The summed E-state index contributed by atoms with van der Waals surface area (Å²) in [5.74, 6) is 1.79. The van der Waals surface area contributed by atoms with Crippen molar-refractivity contribution in [1.82, 2.24) is 4.90 Å². The van der Waals surface area contributed by atoms with E-state index in [1.54, 1.807) is 25.2 Å². The van der Waals surface area contributed by atoms with E-state index in [4.69, 9.17) is 25.8 Å². The molecule has 0 spiro atoms. The number of carbonyl (C=O) groups is 1. The minimum Gasteiger partial charge on any atom is -0.493 e. The molecule has 0 atom stereocenters. The number of hydrogen-bond acceptors (Lipinski definition) is 4. The van der Waals surface area contributed by atoms with Gasteiger partial charge in [-0.15, -0.1) is 0 Å².